The monoisotopic (exact) mass is 311 g/mol. The fourth-order valence-corrected chi connectivity index (χ4v) is 2.67. The van der Waals surface area contributed by atoms with Gasteiger partial charge in [0.1, 0.15) is 5.56 Å². The predicted octanol–water partition coefficient (Wildman–Crippen LogP) is 2.37. The molecule has 0 aromatic heterocycles. The zero-order valence-electron chi connectivity index (χ0n) is 11.8. The molecule has 21 heavy (non-hydrogen) atoms. The first-order valence-corrected chi connectivity index (χ1v) is 7.22. The van der Waals surface area contributed by atoms with Gasteiger partial charge in [-0.05, 0) is 36.9 Å². The Morgan fingerprint density at radius 2 is 2.33 bits per heavy atom. The van der Waals surface area contributed by atoms with Gasteiger partial charge in [0.15, 0.2) is 0 Å². The van der Waals surface area contributed by atoms with Gasteiger partial charge in [-0.25, -0.2) is 0 Å². The Morgan fingerprint density at radius 3 is 2.95 bits per heavy atom. The average Bonchev–Trinajstić information content (AvgIpc) is 2.45. The Hall–Kier alpha value is -1.66. The molecule has 6 nitrogen and oxygen atoms in total. The molecule has 0 radical (unpaired) electrons. The van der Waals surface area contributed by atoms with Crippen molar-refractivity contribution in [1.82, 2.24) is 10.6 Å². The Morgan fingerprint density at radius 1 is 1.57 bits per heavy atom. The first kappa shape index (κ1) is 15.7. The number of carbonyl (C=O) groups is 1. The molecule has 2 rings (SSSR count). The molecule has 0 saturated carbocycles. The number of nitrogens with zero attached hydrogens (tertiary/aromatic N) is 1. The second-order valence-corrected chi connectivity index (χ2v) is 6.13. The summed E-state index contributed by atoms with van der Waals surface area (Å²) in [6.07, 6.45) is 2.08. The van der Waals surface area contributed by atoms with Gasteiger partial charge in [-0.15, -0.1) is 0 Å². The number of hydrogen-bond acceptors (Lipinski definition) is 4. The second kappa shape index (κ2) is 6.41. The van der Waals surface area contributed by atoms with E-state index in [1.807, 2.05) is 0 Å². The highest BCUT2D eigenvalue weighted by molar-refractivity contribution is 6.31. The highest BCUT2D eigenvalue weighted by Crippen LogP contribution is 2.26. The van der Waals surface area contributed by atoms with E-state index in [0.717, 1.165) is 25.9 Å². The fraction of sp³-hybridized carbons (Fsp3) is 0.500. The zero-order valence-corrected chi connectivity index (χ0v) is 12.6. The molecule has 0 aliphatic carbocycles. The van der Waals surface area contributed by atoms with Gasteiger partial charge in [0, 0.05) is 24.2 Å². The zero-order chi connectivity index (χ0) is 15.5. The standard InChI is InChI=1S/C14H18ClN3O3/c1-14(5-2-6-16-8-14)9-17-13(19)11-4-3-10(15)7-12(11)18(20)21/h3-4,7,16H,2,5-6,8-9H2,1H3,(H,17,19). The largest absolute Gasteiger partial charge is 0.351 e. The van der Waals surface area contributed by atoms with E-state index in [0.29, 0.717) is 6.54 Å². The minimum Gasteiger partial charge on any atom is -0.351 e. The van der Waals surface area contributed by atoms with Crippen molar-refractivity contribution in [3.05, 3.63) is 38.9 Å². The highest BCUT2D eigenvalue weighted by Gasteiger charge is 2.28. The molecular weight excluding hydrogens is 294 g/mol. The van der Waals surface area contributed by atoms with Crippen molar-refractivity contribution < 1.29 is 9.72 Å². The summed E-state index contributed by atoms with van der Waals surface area (Å²) in [5.41, 5.74) is -0.251. The number of amides is 1. The summed E-state index contributed by atoms with van der Waals surface area (Å²) in [7, 11) is 0. The molecule has 2 N–H and O–H groups in total. The number of benzene rings is 1. The van der Waals surface area contributed by atoms with Gasteiger partial charge in [0.05, 0.1) is 4.92 Å². The summed E-state index contributed by atoms with van der Waals surface area (Å²) < 4.78 is 0. The molecular formula is C14H18ClN3O3. The Labute approximate surface area is 128 Å². The maximum atomic E-state index is 12.2. The molecule has 1 fully saturated rings. The van der Waals surface area contributed by atoms with Crippen LogP contribution in [0.2, 0.25) is 5.02 Å². The van der Waals surface area contributed by atoms with Gasteiger partial charge >= 0.3 is 0 Å². The average molecular weight is 312 g/mol. The third kappa shape index (κ3) is 3.92. The molecule has 1 atom stereocenters. The number of nitro groups is 1. The Bertz CT molecular complexity index is 556. The van der Waals surface area contributed by atoms with Crippen LogP contribution in [0.1, 0.15) is 30.1 Å². The molecule has 1 aliphatic rings. The van der Waals surface area contributed by atoms with E-state index >= 15 is 0 Å². The van der Waals surface area contributed by atoms with Crippen LogP contribution in [0.3, 0.4) is 0 Å². The maximum Gasteiger partial charge on any atom is 0.283 e. The molecule has 1 heterocycles. The molecule has 1 unspecified atom stereocenters. The Balaban J connectivity index is 2.08. The lowest BCUT2D eigenvalue weighted by Crippen LogP contribution is -2.45. The highest BCUT2D eigenvalue weighted by atomic mass is 35.5. The van der Waals surface area contributed by atoms with Gasteiger partial charge in [-0.3, -0.25) is 14.9 Å². The van der Waals surface area contributed by atoms with Gasteiger partial charge < -0.3 is 10.6 Å². The Kier molecular flexibility index (Phi) is 4.80. The van der Waals surface area contributed by atoms with Crippen LogP contribution in [0.5, 0.6) is 0 Å². The van der Waals surface area contributed by atoms with Crippen molar-refractivity contribution in [2.75, 3.05) is 19.6 Å². The van der Waals surface area contributed by atoms with E-state index in [2.05, 4.69) is 17.6 Å². The van der Waals surface area contributed by atoms with Crippen molar-refractivity contribution in [2.24, 2.45) is 5.41 Å². The van der Waals surface area contributed by atoms with Gasteiger partial charge in [-0.2, -0.15) is 0 Å². The first-order chi connectivity index (χ1) is 9.91. The number of rotatable bonds is 4. The second-order valence-electron chi connectivity index (χ2n) is 5.69. The van der Waals surface area contributed by atoms with E-state index in [-0.39, 0.29) is 21.7 Å². The summed E-state index contributed by atoms with van der Waals surface area (Å²) in [5, 5.41) is 17.3. The van der Waals surface area contributed by atoms with Gasteiger partial charge in [0.25, 0.3) is 11.6 Å². The van der Waals surface area contributed by atoms with Crippen molar-refractivity contribution in [3.8, 4) is 0 Å². The van der Waals surface area contributed by atoms with E-state index < -0.39 is 10.8 Å². The van der Waals surface area contributed by atoms with E-state index in [1.165, 1.54) is 18.2 Å². The summed E-state index contributed by atoms with van der Waals surface area (Å²) in [6.45, 7) is 4.40. The SMILES string of the molecule is CC1(CNC(=O)c2ccc(Cl)cc2[N+](=O)[O-])CCCNC1. The number of carbonyl (C=O) groups excluding carboxylic acids is 1. The van der Waals surface area contributed by atoms with Crippen molar-refractivity contribution >= 4 is 23.2 Å². The van der Waals surface area contributed by atoms with Crippen molar-refractivity contribution in [1.29, 1.82) is 0 Å². The summed E-state index contributed by atoms with van der Waals surface area (Å²) in [5.74, 6) is -0.440. The van der Waals surface area contributed by atoms with Crippen LogP contribution in [0.15, 0.2) is 18.2 Å². The number of hydrogen-bond donors (Lipinski definition) is 2. The van der Waals surface area contributed by atoms with E-state index in [4.69, 9.17) is 11.6 Å². The minimum absolute atomic E-state index is 0.0187. The minimum atomic E-state index is -0.593. The number of nitro benzene ring substituents is 1. The van der Waals surface area contributed by atoms with Crippen LogP contribution in [-0.4, -0.2) is 30.5 Å². The van der Waals surface area contributed by atoms with Crippen LogP contribution in [0.4, 0.5) is 5.69 Å². The first-order valence-electron chi connectivity index (χ1n) is 6.84. The number of nitrogens with one attached hydrogen (secondary N) is 2. The molecule has 1 saturated heterocycles. The smallest absolute Gasteiger partial charge is 0.283 e. The summed E-state index contributed by atoms with van der Waals surface area (Å²) >= 11 is 5.74. The van der Waals surface area contributed by atoms with Crippen LogP contribution in [-0.2, 0) is 0 Å². The third-order valence-corrected chi connectivity index (χ3v) is 4.00. The molecule has 0 spiro atoms. The molecule has 114 valence electrons. The quantitative estimate of drug-likeness (QED) is 0.660. The third-order valence-electron chi connectivity index (χ3n) is 3.76. The van der Waals surface area contributed by atoms with Gasteiger partial charge in [-0.1, -0.05) is 18.5 Å². The normalized spacial score (nSPS) is 21.8. The van der Waals surface area contributed by atoms with E-state index in [1.54, 1.807) is 0 Å². The maximum absolute atomic E-state index is 12.2. The van der Waals surface area contributed by atoms with Crippen LogP contribution < -0.4 is 10.6 Å². The lowest BCUT2D eigenvalue weighted by atomic mass is 9.83. The number of halogens is 1. The molecule has 1 amide bonds. The molecule has 1 aromatic carbocycles. The fourth-order valence-electron chi connectivity index (χ4n) is 2.51. The van der Waals surface area contributed by atoms with Crippen LogP contribution in [0, 0.1) is 15.5 Å². The molecule has 1 aromatic rings. The molecule has 0 bridgehead atoms. The number of piperidine rings is 1. The summed E-state index contributed by atoms with van der Waals surface area (Å²) in [6, 6.07) is 4.06. The molecule has 1 aliphatic heterocycles. The van der Waals surface area contributed by atoms with Crippen LogP contribution in [0.25, 0.3) is 0 Å². The molecule has 7 heteroatoms. The lowest BCUT2D eigenvalue weighted by molar-refractivity contribution is -0.385. The lowest BCUT2D eigenvalue weighted by Gasteiger charge is -2.34. The topological polar surface area (TPSA) is 84.3 Å². The van der Waals surface area contributed by atoms with Crippen LogP contribution >= 0.6 is 11.6 Å². The van der Waals surface area contributed by atoms with Crippen molar-refractivity contribution in [2.45, 2.75) is 19.8 Å². The van der Waals surface area contributed by atoms with E-state index in [9.17, 15) is 14.9 Å². The predicted molar refractivity (Wildman–Crippen MR) is 80.7 cm³/mol. The van der Waals surface area contributed by atoms with Crippen molar-refractivity contribution in [3.63, 3.8) is 0 Å². The van der Waals surface area contributed by atoms with Gasteiger partial charge in [0.2, 0.25) is 0 Å². The summed E-state index contributed by atoms with van der Waals surface area (Å²) in [4.78, 5) is 22.6.